The topological polar surface area (TPSA) is 88.2 Å². The molecular weight excluding hydrogens is 332 g/mol. The summed E-state index contributed by atoms with van der Waals surface area (Å²) >= 11 is 0. The highest BCUT2D eigenvalue weighted by Crippen LogP contribution is 2.44. The van der Waals surface area contributed by atoms with Crippen LogP contribution in [0.3, 0.4) is 0 Å². The molecule has 1 amide bonds. The maximum Gasteiger partial charge on any atom is 0.254 e. The normalized spacial score (nSPS) is 18.0. The Morgan fingerprint density at radius 3 is 2.81 bits per heavy atom. The molecule has 3 heterocycles. The SMILES string of the molecule is COc1cc(C(=O)N2CCC3(CCc4c3nc(C)[nH]c4=O)CC2)ccn1. The molecule has 2 aromatic rings. The van der Waals surface area contributed by atoms with Crippen LogP contribution in [0.25, 0.3) is 0 Å². The Hall–Kier alpha value is -2.70. The number of pyridine rings is 1. The van der Waals surface area contributed by atoms with Gasteiger partial charge in [-0.1, -0.05) is 0 Å². The van der Waals surface area contributed by atoms with Gasteiger partial charge in [0.15, 0.2) is 0 Å². The van der Waals surface area contributed by atoms with E-state index in [0.29, 0.717) is 30.4 Å². The van der Waals surface area contributed by atoms with Crippen molar-refractivity contribution in [3.63, 3.8) is 0 Å². The molecule has 2 aliphatic rings. The second-order valence-electron chi connectivity index (χ2n) is 7.14. The minimum Gasteiger partial charge on any atom is -0.481 e. The number of hydrogen-bond donors (Lipinski definition) is 1. The summed E-state index contributed by atoms with van der Waals surface area (Å²) in [4.78, 5) is 38.4. The predicted molar refractivity (Wildman–Crippen MR) is 95.5 cm³/mol. The van der Waals surface area contributed by atoms with Crippen molar-refractivity contribution in [3.8, 4) is 5.88 Å². The van der Waals surface area contributed by atoms with Crippen molar-refractivity contribution in [1.29, 1.82) is 0 Å². The number of fused-ring (bicyclic) bond motifs is 2. The van der Waals surface area contributed by atoms with Crippen molar-refractivity contribution in [2.45, 2.75) is 38.0 Å². The molecule has 0 radical (unpaired) electrons. The Balaban J connectivity index is 1.54. The molecule has 7 heteroatoms. The molecule has 1 fully saturated rings. The fourth-order valence-electron chi connectivity index (χ4n) is 4.23. The van der Waals surface area contributed by atoms with Gasteiger partial charge in [0.25, 0.3) is 11.5 Å². The van der Waals surface area contributed by atoms with Gasteiger partial charge in [0, 0.05) is 41.9 Å². The Morgan fingerprint density at radius 1 is 1.31 bits per heavy atom. The summed E-state index contributed by atoms with van der Waals surface area (Å²) in [5.41, 5.74) is 2.30. The fourth-order valence-corrected chi connectivity index (χ4v) is 4.23. The van der Waals surface area contributed by atoms with E-state index in [1.165, 1.54) is 7.11 Å². The summed E-state index contributed by atoms with van der Waals surface area (Å²) in [5.74, 6) is 1.10. The standard InChI is InChI=1S/C19H22N4O3/c1-12-21-16-14(17(24)22-12)3-5-19(16)6-9-23(10-7-19)18(25)13-4-8-20-15(11-13)26-2/h4,8,11H,3,5-7,9-10H2,1-2H3,(H,21,22,24). The number of nitrogens with zero attached hydrogens (tertiary/aromatic N) is 3. The summed E-state index contributed by atoms with van der Waals surface area (Å²) < 4.78 is 5.11. The third kappa shape index (κ3) is 2.67. The van der Waals surface area contributed by atoms with Gasteiger partial charge in [0.1, 0.15) is 5.82 Å². The van der Waals surface area contributed by atoms with E-state index in [4.69, 9.17) is 4.74 Å². The third-order valence-corrected chi connectivity index (χ3v) is 5.69. The largest absolute Gasteiger partial charge is 0.481 e. The van der Waals surface area contributed by atoms with E-state index >= 15 is 0 Å². The first kappa shape index (κ1) is 16.8. The Morgan fingerprint density at radius 2 is 2.08 bits per heavy atom. The molecule has 0 aromatic carbocycles. The van der Waals surface area contributed by atoms with Crippen molar-refractivity contribution in [2.75, 3.05) is 20.2 Å². The molecule has 0 saturated carbocycles. The zero-order valence-corrected chi connectivity index (χ0v) is 15.0. The number of H-pyrrole nitrogens is 1. The lowest BCUT2D eigenvalue weighted by Gasteiger charge is -2.39. The third-order valence-electron chi connectivity index (χ3n) is 5.69. The summed E-state index contributed by atoms with van der Waals surface area (Å²) in [7, 11) is 1.54. The summed E-state index contributed by atoms with van der Waals surface area (Å²) in [6, 6.07) is 3.38. The first-order chi connectivity index (χ1) is 12.5. The van der Waals surface area contributed by atoms with Gasteiger partial charge >= 0.3 is 0 Å². The molecule has 136 valence electrons. The van der Waals surface area contributed by atoms with Gasteiger partial charge < -0.3 is 14.6 Å². The van der Waals surface area contributed by atoms with E-state index in [0.717, 1.165) is 36.9 Å². The van der Waals surface area contributed by atoms with Crippen LogP contribution >= 0.6 is 0 Å². The van der Waals surface area contributed by atoms with Gasteiger partial charge in [-0.05, 0) is 38.7 Å². The van der Waals surface area contributed by atoms with Gasteiger partial charge in [0.05, 0.1) is 12.8 Å². The number of rotatable bonds is 2. The number of piperidine rings is 1. The average Bonchev–Trinajstić information content (AvgIpc) is 3.00. The van der Waals surface area contributed by atoms with Crippen LogP contribution in [0.2, 0.25) is 0 Å². The van der Waals surface area contributed by atoms with Crippen LogP contribution in [0, 0.1) is 6.92 Å². The second kappa shape index (κ2) is 6.23. The van der Waals surface area contributed by atoms with Crippen molar-refractivity contribution in [1.82, 2.24) is 19.9 Å². The van der Waals surface area contributed by atoms with Crippen LogP contribution in [0.4, 0.5) is 0 Å². The van der Waals surface area contributed by atoms with Crippen LogP contribution in [-0.2, 0) is 11.8 Å². The number of aromatic amines is 1. The first-order valence-electron chi connectivity index (χ1n) is 8.92. The Labute approximate surface area is 151 Å². The van der Waals surface area contributed by atoms with Crippen molar-refractivity contribution < 1.29 is 9.53 Å². The molecule has 4 rings (SSSR count). The lowest BCUT2D eigenvalue weighted by atomic mass is 9.76. The number of ether oxygens (including phenoxy) is 1. The van der Waals surface area contributed by atoms with Crippen molar-refractivity contribution in [3.05, 3.63) is 51.3 Å². The van der Waals surface area contributed by atoms with E-state index < -0.39 is 0 Å². The van der Waals surface area contributed by atoms with Gasteiger partial charge in [0.2, 0.25) is 5.88 Å². The van der Waals surface area contributed by atoms with Crippen LogP contribution < -0.4 is 10.3 Å². The smallest absolute Gasteiger partial charge is 0.254 e. The second-order valence-corrected chi connectivity index (χ2v) is 7.14. The molecule has 0 atom stereocenters. The van der Waals surface area contributed by atoms with E-state index in [2.05, 4.69) is 15.0 Å². The Bertz CT molecular complexity index is 913. The summed E-state index contributed by atoms with van der Waals surface area (Å²) in [5, 5.41) is 0. The van der Waals surface area contributed by atoms with E-state index in [-0.39, 0.29) is 16.9 Å². The van der Waals surface area contributed by atoms with Gasteiger partial charge in [-0.3, -0.25) is 9.59 Å². The highest BCUT2D eigenvalue weighted by Gasteiger charge is 2.44. The Kier molecular flexibility index (Phi) is 4.01. The number of nitrogens with one attached hydrogen (secondary N) is 1. The molecule has 1 spiro atoms. The zero-order chi connectivity index (χ0) is 18.3. The number of aryl methyl sites for hydroxylation is 1. The van der Waals surface area contributed by atoms with E-state index in [9.17, 15) is 9.59 Å². The quantitative estimate of drug-likeness (QED) is 0.885. The molecule has 0 bridgehead atoms. The number of likely N-dealkylation sites (tertiary alicyclic amines) is 1. The molecule has 0 unspecified atom stereocenters. The zero-order valence-electron chi connectivity index (χ0n) is 15.0. The summed E-state index contributed by atoms with van der Waals surface area (Å²) in [6.45, 7) is 3.15. The van der Waals surface area contributed by atoms with Gasteiger partial charge in [-0.2, -0.15) is 0 Å². The van der Waals surface area contributed by atoms with Crippen LogP contribution in [0.15, 0.2) is 23.1 Å². The molecule has 1 saturated heterocycles. The molecule has 1 aliphatic heterocycles. The maximum atomic E-state index is 12.8. The lowest BCUT2D eigenvalue weighted by Crippen LogP contribution is -2.45. The number of carbonyl (C=O) groups excluding carboxylic acids is 1. The van der Waals surface area contributed by atoms with Gasteiger partial charge in [-0.15, -0.1) is 0 Å². The number of carbonyl (C=O) groups is 1. The summed E-state index contributed by atoms with van der Waals surface area (Å²) in [6.07, 6.45) is 4.97. The lowest BCUT2D eigenvalue weighted by molar-refractivity contribution is 0.0663. The number of amides is 1. The number of aromatic nitrogens is 3. The monoisotopic (exact) mass is 354 g/mol. The highest BCUT2D eigenvalue weighted by molar-refractivity contribution is 5.94. The molecular formula is C19H22N4O3. The molecule has 2 aromatic heterocycles. The first-order valence-corrected chi connectivity index (χ1v) is 8.92. The molecule has 1 aliphatic carbocycles. The van der Waals surface area contributed by atoms with Crippen LogP contribution in [-0.4, -0.2) is 46.0 Å². The molecule has 26 heavy (non-hydrogen) atoms. The molecule has 1 N–H and O–H groups in total. The number of methoxy groups -OCH3 is 1. The fraction of sp³-hybridized carbons (Fsp3) is 0.474. The highest BCUT2D eigenvalue weighted by atomic mass is 16.5. The minimum absolute atomic E-state index is 0.00572. The predicted octanol–water partition coefficient (Wildman–Crippen LogP) is 1.60. The van der Waals surface area contributed by atoms with Crippen molar-refractivity contribution in [2.24, 2.45) is 0 Å². The molecule has 7 nitrogen and oxygen atoms in total. The van der Waals surface area contributed by atoms with E-state index in [1.807, 2.05) is 11.8 Å². The number of hydrogen-bond acceptors (Lipinski definition) is 5. The van der Waals surface area contributed by atoms with E-state index in [1.54, 1.807) is 18.3 Å². The van der Waals surface area contributed by atoms with Crippen molar-refractivity contribution >= 4 is 5.91 Å². The van der Waals surface area contributed by atoms with Crippen LogP contribution in [0.1, 0.15) is 46.7 Å². The minimum atomic E-state index is -0.0684. The average molecular weight is 354 g/mol. The van der Waals surface area contributed by atoms with Gasteiger partial charge in [-0.25, -0.2) is 9.97 Å². The van der Waals surface area contributed by atoms with Crippen LogP contribution in [0.5, 0.6) is 5.88 Å². The maximum absolute atomic E-state index is 12.8.